The Bertz CT molecular complexity index is 832. The van der Waals surface area contributed by atoms with E-state index < -0.39 is 17.1 Å². The zero-order chi connectivity index (χ0) is 18.0. The van der Waals surface area contributed by atoms with Crippen molar-refractivity contribution in [2.24, 2.45) is 4.99 Å². The van der Waals surface area contributed by atoms with E-state index >= 15 is 0 Å². The van der Waals surface area contributed by atoms with Gasteiger partial charge in [-0.2, -0.15) is 0 Å². The Morgan fingerprint density at radius 2 is 2.00 bits per heavy atom. The zero-order valence-corrected chi connectivity index (χ0v) is 13.9. The van der Waals surface area contributed by atoms with Gasteiger partial charge in [0.05, 0.1) is 16.9 Å². The number of carbonyl (C=O) groups is 1. The first kappa shape index (κ1) is 16.6. The molecule has 0 saturated heterocycles. The molecule has 0 saturated carbocycles. The fourth-order valence-electron chi connectivity index (χ4n) is 2.67. The van der Waals surface area contributed by atoms with E-state index in [4.69, 9.17) is 4.74 Å². The molecule has 1 atom stereocenters. The van der Waals surface area contributed by atoms with Crippen molar-refractivity contribution in [3.05, 3.63) is 68.9 Å². The Labute approximate surface area is 144 Å². The van der Waals surface area contributed by atoms with E-state index in [1.807, 2.05) is 49.3 Å². The van der Waals surface area contributed by atoms with Gasteiger partial charge in [-0.15, -0.1) is 0 Å². The molecule has 1 aromatic rings. The van der Waals surface area contributed by atoms with Gasteiger partial charge in [-0.1, -0.05) is 24.3 Å². The van der Waals surface area contributed by atoms with Crippen LogP contribution in [0.25, 0.3) is 6.08 Å². The molecule has 0 bridgehead atoms. The maximum Gasteiger partial charge on any atom is 0.351 e. The molecule has 7 nitrogen and oxygen atoms in total. The van der Waals surface area contributed by atoms with Gasteiger partial charge in [-0.05, 0) is 29.3 Å². The highest BCUT2D eigenvalue weighted by Gasteiger charge is 2.31. The molecule has 3 rings (SSSR count). The van der Waals surface area contributed by atoms with Crippen molar-refractivity contribution in [3.8, 4) is 0 Å². The van der Waals surface area contributed by atoms with Crippen molar-refractivity contribution < 1.29 is 14.5 Å². The smallest absolute Gasteiger partial charge is 0.351 e. The lowest BCUT2D eigenvalue weighted by atomic mass is 9.96. The minimum atomic E-state index is -0.926. The average Bonchev–Trinajstić information content (AvgIpc) is 3.01. The number of benzene rings is 1. The van der Waals surface area contributed by atoms with E-state index in [1.165, 1.54) is 0 Å². The number of anilines is 1. The van der Waals surface area contributed by atoms with Crippen molar-refractivity contribution in [1.29, 1.82) is 0 Å². The van der Waals surface area contributed by atoms with Crippen LogP contribution in [0.4, 0.5) is 5.69 Å². The lowest BCUT2D eigenvalue weighted by Crippen LogP contribution is -2.17. The lowest BCUT2D eigenvalue weighted by Gasteiger charge is -2.15. The summed E-state index contributed by atoms with van der Waals surface area (Å²) in [5.41, 5.74) is 3.15. The molecule has 1 aliphatic heterocycles. The number of ether oxygens (including phenoxy) is 1. The second-order valence-electron chi connectivity index (χ2n) is 5.94. The predicted octanol–water partition coefficient (Wildman–Crippen LogP) is 2.58. The third-order valence-electron chi connectivity index (χ3n) is 3.97. The molecule has 7 heteroatoms. The van der Waals surface area contributed by atoms with Gasteiger partial charge >= 0.3 is 5.97 Å². The molecule has 1 aliphatic carbocycles. The lowest BCUT2D eigenvalue weighted by molar-refractivity contribution is -0.428. The minimum absolute atomic E-state index is 0.00416. The molecule has 1 heterocycles. The van der Waals surface area contributed by atoms with Gasteiger partial charge < -0.3 is 9.64 Å². The van der Waals surface area contributed by atoms with E-state index in [1.54, 1.807) is 12.2 Å². The van der Waals surface area contributed by atoms with Crippen molar-refractivity contribution in [1.82, 2.24) is 0 Å². The summed E-state index contributed by atoms with van der Waals surface area (Å²) in [7, 11) is 3.93. The summed E-state index contributed by atoms with van der Waals surface area (Å²) in [5, 5.41) is 11.4. The number of nitro groups is 1. The topological polar surface area (TPSA) is 85.0 Å². The Balaban J connectivity index is 1.84. The minimum Gasteiger partial charge on any atom is -0.431 e. The monoisotopic (exact) mass is 339 g/mol. The Kier molecular flexibility index (Phi) is 4.47. The first-order valence-electron chi connectivity index (χ1n) is 7.71. The quantitative estimate of drug-likeness (QED) is 0.478. The highest BCUT2D eigenvalue weighted by molar-refractivity contribution is 6.24. The third-order valence-corrected chi connectivity index (χ3v) is 3.97. The maximum atomic E-state index is 11.4. The number of aliphatic imine (C=N–C) groups is 1. The molecule has 0 radical (unpaired) electrons. The van der Waals surface area contributed by atoms with Crippen LogP contribution in [0.1, 0.15) is 12.0 Å². The number of rotatable bonds is 4. The number of esters is 1. The van der Waals surface area contributed by atoms with Gasteiger partial charge in [0, 0.05) is 19.8 Å². The van der Waals surface area contributed by atoms with Gasteiger partial charge in [0.1, 0.15) is 6.21 Å². The Morgan fingerprint density at radius 3 is 2.56 bits per heavy atom. The van der Waals surface area contributed by atoms with E-state index in [0.29, 0.717) is 5.57 Å². The van der Waals surface area contributed by atoms with E-state index in [2.05, 4.69) is 4.99 Å². The van der Waals surface area contributed by atoms with Crippen LogP contribution in [0.5, 0.6) is 0 Å². The predicted molar refractivity (Wildman–Crippen MR) is 94.9 cm³/mol. The van der Waals surface area contributed by atoms with Crippen LogP contribution in [0.15, 0.2) is 58.3 Å². The second kappa shape index (κ2) is 6.72. The normalized spacial score (nSPS) is 21.0. The number of hydrogen-bond donors (Lipinski definition) is 0. The van der Waals surface area contributed by atoms with Gasteiger partial charge in [-0.25, -0.2) is 9.79 Å². The fourth-order valence-corrected chi connectivity index (χ4v) is 2.67. The first-order valence-corrected chi connectivity index (χ1v) is 7.71. The van der Waals surface area contributed by atoms with Crippen LogP contribution in [-0.2, 0) is 9.53 Å². The van der Waals surface area contributed by atoms with E-state index in [0.717, 1.165) is 23.0 Å². The molecule has 0 spiro atoms. The SMILES string of the molecule is CN(C)c1ccc(C=C2C=CC(C3N=CC(=O)O3)=C([N+](=O)[O-])C2)cc1. The highest BCUT2D eigenvalue weighted by atomic mass is 16.6. The van der Waals surface area contributed by atoms with E-state index in [9.17, 15) is 14.9 Å². The third kappa shape index (κ3) is 3.65. The molecule has 1 unspecified atom stereocenters. The molecule has 0 aromatic heterocycles. The molecule has 1 aromatic carbocycles. The molecule has 128 valence electrons. The highest BCUT2D eigenvalue weighted by Crippen LogP contribution is 2.30. The molecular formula is C18H17N3O4. The summed E-state index contributed by atoms with van der Waals surface area (Å²) in [5.74, 6) is -0.587. The standard InChI is InChI=1S/C18H17N3O4/c1-20(2)14-6-3-12(4-7-14)9-13-5-8-15(16(10-13)21(23)24)18-19-11-17(22)25-18/h3-9,11,18H,10H2,1-2H3. The maximum absolute atomic E-state index is 11.4. The van der Waals surface area contributed by atoms with Crippen LogP contribution in [0, 0.1) is 10.1 Å². The summed E-state index contributed by atoms with van der Waals surface area (Å²) in [4.78, 5) is 28.0. The zero-order valence-electron chi connectivity index (χ0n) is 13.9. The summed E-state index contributed by atoms with van der Waals surface area (Å²) in [6, 6.07) is 7.90. The molecule has 0 fully saturated rings. The summed E-state index contributed by atoms with van der Waals surface area (Å²) in [6.07, 6.45) is 5.57. The van der Waals surface area contributed by atoms with Gasteiger partial charge in [0.25, 0.3) is 5.70 Å². The number of hydrogen-bond acceptors (Lipinski definition) is 6. The number of cyclic esters (lactones) is 1. The van der Waals surface area contributed by atoms with Crippen molar-refractivity contribution in [3.63, 3.8) is 0 Å². The molecular weight excluding hydrogens is 322 g/mol. The molecule has 2 aliphatic rings. The second-order valence-corrected chi connectivity index (χ2v) is 5.94. The van der Waals surface area contributed by atoms with Crippen molar-refractivity contribution in [2.45, 2.75) is 12.6 Å². The van der Waals surface area contributed by atoms with Crippen LogP contribution < -0.4 is 4.90 Å². The van der Waals surface area contributed by atoms with Gasteiger partial charge in [-0.3, -0.25) is 10.1 Å². The number of allylic oxidation sites excluding steroid dienone is 2. The first-order chi connectivity index (χ1) is 11.9. The summed E-state index contributed by atoms with van der Waals surface area (Å²) < 4.78 is 4.97. The molecule has 0 amide bonds. The van der Waals surface area contributed by atoms with E-state index in [-0.39, 0.29) is 12.1 Å². The van der Waals surface area contributed by atoms with Crippen molar-refractivity contribution in [2.75, 3.05) is 19.0 Å². The average molecular weight is 339 g/mol. The van der Waals surface area contributed by atoms with Crippen LogP contribution in [-0.4, -0.2) is 37.4 Å². The van der Waals surface area contributed by atoms with Gasteiger partial charge in [0.2, 0.25) is 6.23 Å². The largest absolute Gasteiger partial charge is 0.431 e. The van der Waals surface area contributed by atoms with Crippen LogP contribution >= 0.6 is 0 Å². The number of nitrogens with zero attached hydrogens (tertiary/aromatic N) is 3. The Hall–Kier alpha value is -3.22. The number of carbonyl (C=O) groups excluding carboxylic acids is 1. The van der Waals surface area contributed by atoms with Crippen LogP contribution in [0.3, 0.4) is 0 Å². The van der Waals surface area contributed by atoms with Gasteiger partial charge in [0.15, 0.2) is 0 Å². The molecule has 25 heavy (non-hydrogen) atoms. The summed E-state index contributed by atoms with van der Waals surface area (Å²) >= 11 is 0. The van der Waals surface area contributed by atoms with Crippen LogP contribution in [0.2, 0.25) is 0 Å². The summed E-state index contributed by atoms with van der Waals surface area (Å²) in [6.45, 7) is 0. The van der Waals surface area contributed by atoms with Crippen molar-refractivity contribution >= 4 is 23.9 Å². The molecule has 0 N–H and O–H groups in total. The fraction of sp³-hybridized carbons (Fsp3) is 0.222. The Morgan fingerprint density at radius 1 is 1.28 bits per heavy atom.